The van der Waals surface area contributed by atoms with Gasteiger partial charge in [0.05, 0.1) is 24.9 Å². The van der Waals surface area contributed by atoms with Crippen LogP contribution in [0.2, 0.25) is 0 Å². The summed E-state index contributed by atoms with van der Waals surface area (Å²) in [4.78, 5) is 18.6. The number of rotatable bonds is 7. The van der Waals surface area contributed by atoms with Crippen molar-refractivity contribution in [1.29, 1.82) is 0 Å². The largest absolute Gasteiger partial charge is 0.469 e. The first-order chi connectivity index (χ1) is 16.3. The molecule has 0 aliphatic carbocycles. The van der Waals surface area contributed by atoms with Crippen molar-refractivity contribution in [3.8, 4) is 5.69 Å². The van der Waals surface area contributed by atoms with Crippen LogP contribution in [0.5, 0.6) is 0 Å². The minimum Gasteiger partial charge on any atom is -0.469 e. The van der Waals surface area contributed by atoms with E-state index in [0.29, 0.717) is 24.5 Å². The molecule has 2 aromatic heterocycles. The fraction of sp³-hybridized carbons (Fsp3) is 0.370. The third-order valence-corrected chi connectivity index (χ3v) is 6.95. The Kier molecular flexibility index (Phi) is 7.03. The topological polar surface area (TPSA) is 59.4 Å². The van der Waals surface area contributed by atoms with Gasteiger partial charge in [0.15, 0.2) is 5.11 Å². The smallest absolute Gasteiger partial charge is 0.305 e. The molecule has 178 valence electrons. The number of esters is 1. The van der Waals surface area contributed by atoms with Crippen LogP contribution in [0.4, 0.5) is 0 Å². The summed E-state index contributed by atoms with van der Waals surface area (Å²) in [7, 11) is 1.42. The van der Waals surface area contributed by atoms with E-state index in [4.69, 9.17) is 17.0 Å². The van der Waals surface area contributed by atoms with Crippen molar-refractivity contribution >= 4 is 23.3 Å². The predicted octanol–water partition coefficient (Wildman–Crippen LogP) is 5.03. The van der Waals surface area contributed by atoms with Crippen LogP contribution in [0.1, 0.15) is 58.7 Å². The van der Waals surface area contributed by atoms with Crippen molar-refractivity contribution in [1.82, 2.24) is 19.8 Å². The molecular weight excluding hydrogens is 444 g/mol. The number of nitrogens with one attached hydrogen (secondary N) is 1. The van der Waals surface area contributed by atoms with Crippen LogP contribution < -0.4 is 5.32 Å². The van der Waals surface area contributed by atoms with Crippen LogP contribution in [-0.4, -0.2) is 39.2 Å². The quantitative estimate of drug-likeness (QED) is 0.381. The molecule has 0 spiro atoms. The molecular formula is C27H32N4O2S. The number of thiocarbonyl (C=S) groups is 1. The van der Waals surface area contributed by atoms with E-state index in [9.17, 15) is 4.79 Å². The van der Waals surface area contributed by atoms with Crippen LogP contribution in [0.15, 0.2) is 48.7 Å². The second-order valence-corrected chi connectivity index (χ2v) is 9.34. The lowest BCUT2D eigenvalue weighted by Gasteiger charge is -2.28. The number of hydrogen-bond donors (Lipinski definition) is 1. The average molecular weight is 477 g/mol. The van der Waals surface area contributed by atoms with Gasteiger partial charge in [0.1, 0.15) is 0 Å². The van der Waals surface area contributed by atoms with Gasteiger partial charge in [-0.3, -0.25) is 9.78 Å². The van der Waals surface area contributed by atoms with Gasteiger partial charge in [0.25, 0.3) is 0 Å². The van der Waals surface area contributed by atoms with E-state index >= 15 is 0 Å². The Morgan fingerprint density at radius 3 is 2.65 bits per heavy atom. The summed E-state index contributed by atoms with van der Waals surface area (Å²) in [5, 5.41) is 4.19. The zero-order valence-corrected chi connectivity index (χ0v) is 21.3. The van der Waals surface area contributed by atoms with Crippen molar-refractivity contribution in [3.05, 3.63) is 82.4 Å². The number of nitrogens with zero attached hydrogens (tertiary/aromatic N) is 3. The lowest BCUT2D eigenvalue weighted by atomic mass is 9.96. The van der Waals surface area contributed by atoms with Crippen LogP contribution >= 0.6 is 12.2 Å². The van der Waals surface area contributed by atoms with E-state index in [1.807, 2.05) is 24.4 Å². The molecule has 4 rings (SSSR count). The fourth-order valence-corrected chi connectivity index (χ4v) is 5.23. The third-order valence-electron chi connectivity index (χ3n) is 6.60. The first-order valence-corrected chi connectivity index (χ1v) is 12.0. The maximum Gasteiger partial charge on any atom is 0.305 e. The summed E-state index contributed by atoms with van der Waals surface area (Å²) in [5.41, 5.74) is 8.17. The average Bonchev–Trinajstić information content (AvgIpc) is 3.31. The van der Waals surface area contributed by atoms with E-state index in [0.717, 1.165) is 5.69 Å². The zero-order valence-electron chi connectivity index (χ0n) is 20.5. The first kappa shape index (κ1) is 24.0. The van der Waals surface area contributed by atoms with Crippen LogP contribution in [0.3, 0.4) is 0 Å². The fourth-order valence-electron chi connectivity index (χ4n) is 4.90. The number of hydrogen-bond acceptors (Lipinski definition) is 4. The highest BCUT2D eigenvalue weighted by Crippen LogP contribution is 2.41. The van der Waals surface area contributed by atoms with Crippen LogP contribution in [0, 0.1) is 27.7 Å². The molecule has 1 fully saturated rings. The standard InChI is InChI=1S/C27H32N4O2S/c1-17-11-12-18(2)23(15-17)31-19(3)16-21(20(31)4)26-25(22-9-6-7-13-28-22)29-27(34)30(26)14-8-10-24(32)33-5/h6-7,9,11-13,15-16,25-26H,8,10,14H2,1-5H3,(H,29,34)/t25-,26-/m1/s1. The Morgan fingerprint density at radius 1 is 1.15 bits per heavy atom. The van der Waals surface area contributed by atoms with Gasteiger partial charge in [0, 0.05) is 36.2 Å². The molecule has 2 atom stereocenters. The number of benzene rings is 1. The molecule has 0 unspecified atom stereocenters. The van der Waals surface area contributed by atoms with Crippen LogP contribution in [-0.2, 0) is 9.53 Å². The molecule has 6 nitrogen and oxygen atoms in total. The molecule has 1 N–H and O–H groups in total. The van der Waals surface area contributed by atoms with E-state index in [1.165, 1.54) is 40.9 Å². The van der Waals surface area contributed by atoms with Crippen molar-refractivity contribution in [2.75, 3.05) is 13.7 Å². The zero-order chi connectivity index (χ0) is 24.4. The van der Waals surface area contributed by atoms with Gasteiger partial charge in [-0.15, -0.1) is 0 Å². The number of carbonyl (C=O) groups excluding carboxylic acids is 1. The minimum atomic E-state index is -0.205. The summed E-state index contributed by atoms with van der Waals surface area (Å²) >= 11 is 5.78. The number of methoxy groups -OCH3 is 1. The Morgan fingerprint density at radius 2 is 1.94 bits per heavy atom. The van der Waals surface area contributed by atoms with Gasteiger partial charge in [-0.05, 0) is 87.3 Å². The normalized spacial score (nSPS) is 17.7. The summed E-state index contributed by atoms with van der Waals surface area (Å²) < 4.78 is 7.17. The van der Waals surface area contributed by atoms with Gasteiger partial charge in [-0.2, -0.15) is 0 Å². The van der Waals surface area contributed by atoms with Gasteiger partial charge in [-0.1, -0.05) is 18.2 Å². The Labute approximate surface area is 207 Å². The number of pyridine rings is 1. The molecule has 1 aliphatic heterocycles. The summed E-state index contributed by atoms with van der Waals surface area (Å²) in [6.45, 7) is 9.25. The summed E-state index contributed by atoms with van der Waals surface area (Å²) in [5.74, 6) is -0.205. The number of carbonyl (C=O) groups is 1. The second kappa shape index (κ2) is 9.97. The van der Waals surface area contributed by atoms with E-state index in [2.05, 4.69) is 71.7 Å². The maximum absolute atomic E-state index is 11.7. The molecule has 3 heterocycles. The molecule has 0 amide bonds. The number of aryl methyl sites for hydroxylation is 3. The minimum absolute atomic E-state index is 0.0369. The van der Waals surface area contributed by atoms with Crippen molar-refractivity contribution < 1.29 is 9.53 Å². The molecule has 3 aromatic rings. The van der Waals surface area contributed by atoms with Gasteiger partial charge >= 0.3 is 5.97 Å². The SMILES string of the molecule is COC(=O)CCCN1C(=S)N[C@H](c2ccccn2)[C@H]1c1cc(C)n(-c2cc(C)ccc2C)c1C. The molecule has 34 heavy (non-hydrogen) atoms. The molecule has 1 aliphatic rings. The van der Waals surface area contributed by atoms with Crippen LogP contribution in [0.25, 0.3) is 5.69 Å². The molecule has 1 saturated heterocycles. The Balaban J connectivity index is 1.78. The Hall–Kier alpha value is -3.19. The highest BCUT2D eigenvalue weighted by molar-refractivity contribution is 7.80. The van der Waals surface area contributed by atoms with Crippen molar-refractivity contribution in [2.45, 2.75) is 52.6 Å². The third kappa shape index (κ3) is 4.57. The summed E-state index contributed by atoms with van der Waals surface area (Å²) in [6.07, 6.45) is 2.84. The van der Waals surface area contributed by atoms with Crippen molar-refractivity contribution in [2.24, 2.45) is 0 Å². The second-order valence-electron chi connectivity index (χ2n) is 8.95. The van der Waals surface area contributed by atoms with E-state index < -0.39 is 0 Å². The molecule has 1 aromatic carbocycles. The van der Waals surface area contributed by atoms with Gasteiger partial charge < -0.3 is 19.5 Å². The molecule has 7 heteroatoms. The van der Waals surface area contributed by atoms with Gasteiger partial charge in [-0.25, -0.2) is 0 Å². The molecule has 0 bridgehead atoms. The monoisotopic (exact) mass is 476 g/mol. The van der Waals surface area contributed by atoms with E-state index in [-0.39, 0.29) is 18.1 Å². The maximum atomic E-state index is 11.7. The highest BCUT2D eigenvalue weighted by Gasteiger charge is 2.41. The lowest BCUT2D eigenvalue weighted by molar-refractivity contribution is -0.140. The molecule has 0 radical (unpaired) electrons. The number of aromatic nitrogens is 2. The van der Waals surface area contributed by atoms with Crippen molar-refractivity contribution in [3.63, 3.8) is 0 Å². The molecule has 0 saturated carbocycles. The Bertz CT molecular complexity index is 1200. The van der Waals surface area contributed by atoms with Gasteiger partial charge in [0.2, 0.25) is 0 Å². The van der Waals surface area contributed by atoms with E-state index in [1.54, 1.807) is 0 Å². The predicted molar refractivity (Wildman–Crippen MR) is 138 cm³/mol. The lowest BCUT2D eigenvalue weighted by Crippen LogP contribution is -2.31. The number of ether oxygens (including phenoxy) is 1. The first-order valence-electron chi connectivity index (χ1n) is 11.6. The summed E-state index contributed by atoms with van der Waals surface area (Å²) in [6, 6.07) is 14.7. The highest BCUT2D eigenvalue weighted by atomic mass is 32.1.